The number of hydrogen-bond donors (Lipinski definition) is 1. The molecule has 1 fully saturated rings. The molecule has 0 atom stereocenters. The van der Waals surface area contributed by atoms with Crippen molar-refractivity contribution >= 4 is 15.5 Å². The zero-order chi connectivity index (χ0) is 13.5. The average molecular weight is 279 g/mol. The second-order valence-electron chi connectivity index (χ2n) is 5.10. The minimum Gasteiger partial charge on any atom is -0.326 e. The van der Waals surface area contributed by atoms with E-state index in [9.17, 15) is 8.42 Å². The van der Waals surface area contributed by atoms with E-state index < -0.39 is 9.84 Å². The summed E-state index contributed by atoms with van der Waals surface area (Å²) in [6, 6.07) is 3.92. The maximum Gasteiger partial charge on any atom is 0.150 e. The van der Waals surface area contributed by atoms with E-state index in [4.69, 9.17) is 5.73 Å². The molecule has 0 aromatic carbocycles. The van der Waals surface area contributed by atoms with Crippen molar-refractivity contribution in [1.82, 2.24) is 9.38 Å². The Morgan fingerprint density at radius 2 is 2.00 bits per heavy atom. The number of aromatic nitrogens is 2. The van der Waals surface area contributed by atoms with Crippen molar-refractivity contribution in [3.05, 3.63) is 35.8 Å². The molecule has 1 aliphatic heterocycles. The topological polar surface area (TPSA) is 77.5 Å². The van der Waals surface area contributed by atoms with Crippen LogP contribution in [-0.4, -0.2) is 29.3 Å². The van der Waals surface area contributed by atoms with Gasteiger partial charge >= 0.3 is 0 Å². The van der Waals surface area contributed by atoms with Crippen LogP contribution in [0.25, 0.3) is 5.65 Å². The summed E-state index contributed by atoms with van der Waals surface area (Å²) in [5, 5.41) is 0. The van der Waals surface area contributed by atoms with Crippen molar-refractivity contribution in [2.45, 2.75) is 25.3 Å². The second kappa shape index (κ2) is 4.61. The van der Waals surface area contributed by atoms with Crippen LogP contribution in [0.4, 0.5) is 0 Å². The van der Waals surface area contributed by atoms with Crippen molar-refractivity contribution in [3.63, 3.8) is 0 Å². The summed E-state index contributed by atoms with van der Waals surface area (Å²) in [4.78, 5) is 4.59. The van der Waals surface area contributed by atoms with Gasteiger partial charge in [0.25, 0.3) is 0 Å². The second-order valence-corrected chi connectivity index (χ2v) is 7.40. The first-order valence-electron chi connectivity index (χ1n) is 6.45. The van der Waals surface area contributed by atoms with Crippen molar-refractivity contribution in [2.75, 3.05) is 11.5 Å². The van der Waals surface area contributed by atoms with E-state index in [1.54, 1.807) is 0 Å². The minimum absolute atomic E-state index is 0.254. The minimum atomic E-state index is -2.82. The fourth-order valence-electron chi connectivity index (χ4n) is 2.56. The Balaban J connectivity index is 1.89. The van der Waals surface area contributed by atoms with E-state index in [1.165, 1.54) is 0 Å². The van der Waals surface area contributed by atoms with Gasteiger partial charge < -0.3 is 10.1 Å². The predicted molar refractivity (Wildman–Crippen MR) is 73.7 cm³/mol. The highest BCUT2D eigenvalue weighted by Gasteiger charge is 2.26. The summed E-state index contributed by atoms with van der Waals surface area (Å²) in [5.41, 5.74) is 8.56. The Kier molecular flexibility index (Phi) is 3.06. The van der Waals surface area contributed by atoms with E-state index in [1.807, 2.05) is 28.9 Å². The Bertz CT molecular complexity index is 692. The molecule has 0 amide bonds. The van der Waals surface area contributed by atoms with Gasteiger partial charge in [-0.1, -0.05) is 6.07 Å². The molecule has 0 radical (unpaired) electrons. The van der Waals surface area contributed by atoms with E-state index in [2.05, 4.69) is 4.98 Å². The number of fused-ring (bicyclic) bond motifs is 1. The van der Waals surface area contributed by atoms with Crippen molar-refractivity contribution in [1.29, 1.82) is 0 Å². The van der Waals surface area contributed by atoms with Crippen LogP contribution >= 0.6 is 0 Å². The predicted octanol–water partition coefficient (Wildman–Crippen LogP) is 1.09. The monoisotopic (exact) mass is 279 g/mol. The Hall–Kier alpha value is -1.40. The van der Waals surface area contributed by atoms with Crippen LogP contribution < -0.4 is 5.73 Å². The lowest BCUT2D eigenvalue weighted by atomic mass is 10.00. The number of nitrogens with two attached hydrogens (primary N) is 1. The maximum absolute atomic E-state index is 11.4. The SMILES string of the molecule is NCc1ccc2nc(C3CCS(=O)(=O)CC3)cn2c1. The van der Waals surface area contributed by atoms with Gasteiger partial charge in [-0.3, -0.25) is 0 Å². The quantitative estimate of drug-likeness (QED) is 0.892. The molecular weight excluding hydrogens is 262 g/mol. The van der Waals surface area contributed by atoms with Gasteiger partial charge in [-0.05, 0) is 24.5 Å². The number of nitrogens with zero attached hydrogens (tertiary/aromatic N) is 2. The highest BCUT2D eigenvalue weighted by atomic mass is 32.2. The summed E-state index contributed by atoms with van der Waals surface area (Å²) in [7, 11) is -2.82. The zero-order valence-corrected chi connectivity index (χ0v) is 11.4. The van der Waals surface area contributed by atoms with Crippen molar-refractivity contribution in [2.24, 2.45) is 5.73 Å². The van der Waals surface area contributed by atoms with Crippen LogP contribution in [0.1, 0.15) is 30.0 Å². The molecule has 2 aromatic heterocycles. The summed E-state index contributed by atoms with van der Waals surface area (Å²) >= 11 is 0. The molecule has 0 bridgehead atoms. The first-order valence-corrected chi connectivity index (χ1v) is 8.27. The third-order valence-electron chi connectivity index (χ3n) is 3.74. The molecular formula is C13H17N3O2S. The first-order chi connectivity index (χ1) is 9.07. The molecule has 0 saturated carbocycles. The molecule has 0 spiro atoms. The van der Waals surface area contributed by atoms with Crippen LogP contribution in [0.2, 0.25) is 0 Å². The Morgan fingerprint density at radius 1 is 1.26 bits per heavy atom. The molecule has 102 valence electrons. The smallest absolute Gasteiger partial charge is 0.150 e. The molecule has 1 aliphatic rings. The third kappa shape index (κ3) is 2.50. The van der Waals surface area contributed by atoms with Crippen molar-refractivity contribution < 1.29 is 8.42 Å². The first kappa shape index (κ1) is 12.6. The van der Waals surface area contributed by atoms with Gasteiger partial charge in [0, 0.05) is 24.9 Å². The highest BCUT2D eigenvalue weighted by Crippen LogP contribution is 2.28. The molecule has 6 heteroatoms. The largest absolute Gasteiger partial charge is 0.326 e. The molecule has 1 saturated heterocycles. The molecule has 0 aliphatic carbocycles. The zero-order valence-electron chi connectivity index (χ0n) is 10.6. The molecule has 3 heterocycles. The lowest BCUT2D eigenvalue weighted by Gasteiger charge is -2.19. The Morgan fingerprint density at radius 3 is 2.68 bits per heavy atom. The highest BCUT2D eigenvalue weighted by molar-refractivity contribution is 7.91. The third-order valence-corrected chi connectivity index (χ3v) is 5.45. The molecule has 2 aromatic rings. The van der Waals surface area contributed by atoms with Gasteiger partial charge in [-0.15, -0.1) is 0 Å². The fraction of sp³-hybridized carbons (Fsp3) is 0.462. The van der Waals surface area contributed by atoms with Crippen LogP contribution in [0.5, 0.6) is 0 Å². The summed E-state index contributed by atoms with van der Waals surface area (Å²) < 4.78 is 24.9. The summed E-state index contributed by atoms with van der Waals surface area (Å²) in [6.07, 6.45) is 5.33. The maximum atomic E-state index is 11.4. The number of rotatable bonds is 2. The van der Waals surface area contributed by atoms with E-state index >= 15 is 0 Å². The van der Waals surface area contributed by atoms with Gasteiger partial charge in [0.1, 0.15) is 15.5 Å². The van der Waals surface area contributed by atoms with Gasteiger partial charge in [0.2, 0.25) is 0 Å². The van der Waals surface area contributed by atoms with Gasteiger partial charge in [-0.25, -0.2) is 13.4 Å². The molecule has 3 rings (SSSR count). The lowest BCUT2D eigenvalue weighted by Crippen LogP contribution is -2.22. The number of imidazole rings is 1. The Labute approximate surface area is 112 Å². The normalized spacial score (nSPS) is 19.8. The summed E-state index contributed by atoms with van der Waals surface area (Å²) in [6.45, 7) is 0.505. The fourth-order valence-corrected chi connectivity index (χ4v) is 4.05. The number of sulfone groups is 1. The summed E-state index contributed by atoms with van der Waals surface area (Å²) in [5.74, 6) is 0.809. The van der Waals surface area contributed by atoms with E-state index in [-0.39, 0.29) is 17.4 Å². The molecule has 5 nitrogen and oxygen atoms in total. The van der Waals surface area contributed by atoms with E-state index in [0.717, 1.165) is 16.9 Å². The molecule has 19 heavy (non-hydrogen) atoms. The van der Waals surface area contributed by atoms with E-state index in [0.29, 0.717) is 19.4 Å². The number of pyridine rings is 1. The lowest BCUT2D eigenvalue weighted by molar-refractivity contribution is 0.546. The van der Waals surface area contributed by atoms with Gasteiger partial charge in [0.05, 0.1) is 17.2 Å². The van der Waals surface area contributed by atoms with Gasteiger partial charge in [-0.2, -0.15) is 0 Å². The standard InChI is InChI=1S/C13H17N3O2S/c14-7-10-1-2-13-15-12(9-16(13)8-10)11-3-5-19(17,18)6-4-11/h1-2,8-9,11H,3-7,14H2. The van der Waals surface area contributed by atoms with Crippen LogP contribution in [-0.2, 0) is 16.4 Å². The molecule has 2 N–H and O–H groups in total. The number of hydrogen-bond acceptors (Lipinski definition) is 4. The van der Waals surface area contributed by atoms with Crippen LogP contribution in [0.3, 0.4) is 0 Å². The average Bonchev–Trinajstić information content (AvgIpc) is 2.81. The molecule has 0 unspecified atom stereocenters. The van der Waals surface area contributed by atoms with Crippen LogP contribution in [0, 0.1) is 0 Å². The van der Waals surface area contributed by atoms with Crippen molar-refractivity contribution in [3.8, 4) is 0 Å². The van der Waals surface area contributed by atoms with Gasteiger partial charge in [0.15, 0.2) is 0 Å². The van der Waals surface area contributed by atoms with Crippen LogP contribution in [0.15, 0.2) is 24.5 Å².